The van der Waals surface area contributed by atoms with Crippen LogP contribution in [0.15, 0.2) is 70.4 Å². The van der Waals surface area contributed by atoms with E-state index in [0.717, 1.165) is 11.3 Å². The van der Waals surface area contributed by atoms with Crippen molar-refractivity contribution in [2.24, 2.45) is 0 Å². The maximum Gasteiger partial charge on any atom is 0.538 e. The lowest BCUT2D eigenvalue weighted by atomic mass is 10.1. The number of anilines is 1. The highest BCUT2D eigenvalue weighted by atomic mass is 32.2. The molecule has 1 aliphatic heterocycles. The van der Waals surface area contributed by atoms with E-state index in [-0.39, 0.29) is 10.9 Å². The molecule has 0 saturated heterocycles. The summed E-state index contributed by atoms with van der Waals surface area (Å²) in [5.74, 6) is -0.567. The summed E-state index contributed by atoms with van der Waals surface area (Å²) < 4.78 is 25.5. The molecule has 0 aromatic heterocycles. The lowest BCUT2D eigenvalue weighted by molar-refractivity contribution is 0.373. The van der Waals surface area contributed by atoms with Gasteiger partial charge in [-0.25, -0.2) is 8.42 Å². The normalized spacial score (nSPS) is 17.6. The molecule has 1 unspecified atom stereocenters. The van der Waals surface area contributed by atoms with E-state index in [9.17, 15) is 18.9 Å². The second-order valence-corrected chi connectivity index (χ2v) is 7.68. The lowest BCUT2D eigenvalue weighted by Gasteiger charge is -2.23. The van der Waals surface area contributed by atoms with Crippen molar-refractivity contribution in [2.45, 2.75) is 30.7 Å². The predicted octanol–water partition coefficient (Wildman–Crippen LogP) is 3.84. The highest BCUT2D eigenvalue weighted by molar-refractivity contribution is 7.95. The number of rotatable bonds is 4. The van der Waals surface area contributed by atoms with E-state index in [0.29, 0.717) is 12.8 Å². The molecule has 2 aromatic carbocycles. The molecule has 0 radical (unpaired) electrons. The fourth-order valence-electron chi connectivity index (χ4n) is 3.11. The zero-order chi connectivity index (χ0) is 18.0. The van der Waals surface area contributed by atoms with E-state index in [1.165, 1.54) is 17.0 Å². The number of fused-ring (bicyclic) bond motifs is 1. The number of sulfone groups is 1. The molecule has 128 valence electrons. The highest BCUT2D eigenvalue weighted by Gasteiger charge is 2.43. The van der Waals surface area contributed by atoms with Gasteiger partial charge in [-0.3, -0.25) is 0 Å². The predicted molar refractivity (Wildman–Crippen MR) is 95.1 cm³/mol. The second-order valence-electron chi connectivity index (χ2n) is 5.81. The van der Waals surface area contributed by atoms with Gasteiger partial charge in [0.05, 0.1) is 4.90 Å². The Balaban J connectivity index is 2.16. The van der Waals surface area contributed by atoms with Crippen LogP contribution in [-0.4, -0.2) is 19.6 Å². The third-order valence-electron chi connectivity index (χ3n) is 4.36. The molecular weight excluding hydrogens is 338 g/mol. The van der Waals surface area contributed by atoms with Crippen LogP contribution in [0.3, 0.4) is 0 Å². The fourth-order valence-corrected chi connectivity index (χ4v) is 4.29. The minimum atomic E-state index is -4.15. The quantitative estimate of drug-likeness (QED) is 0.664. The molecule has 7 heteroatoms. The van der Waals surface area contributed by atoms with Gasteiger partial charge in [0.25, 0.3) is 9.84 Å². The van der Waals surface area contributed by atoms with Crippen molar-refractivity contribution < 1.29 is 13.5 Å². The molecule has 0 amide bonds. The van der Waals surface area contributed by atoms with Crippen molar-refractivity contribution in [3.8, 4) is 0 Å². The second kappa shape index (κ2) is 6.57. The van der Waals surface area contributed by atoms with Crippen molar-refractivity contribution >= 4 is 15.5 Å². The Morgan fingerprint density at radius 3 is 2.48 bits per heavy atom. The maximum atomic E-state index is 12.8. The number of hydrogen-bond acceptors (Lipinski definition) is 5. The molecule has 0 aliphatic carbocycles. The Hall–Kier alpha value is -2.85. The van der Waals surface area contributed by atoms with Crippen LogP contribution in [-0.2, 0) is 16.3 Å². The Morgan fingerprint density at radius 2 is 1.84 bits per heavy atom. The minimum absolute atomic E-state index is 0.0464. The number of hydrogen-bond donors (Lipinski definition) is 1. The van der Waals surface area contributed by atoms with Crippen molar-refractivity contribution in [3.05, 3.63) is 76.0 Å². The third-order valence-corrected chi connectivity index (χ3v) is 6.03. The van der Waals surface area contributed by atoms with Gasteiger partial charge >= 0.3 is 10.9 Å². The first-order valence-corrected chi connectivity index (χ1v) is 9.44. The molecular formula is C18H18N3O3S+. The van der Waals surface area contributed by atoms with Gasteiger partial charge in [-0.05, 0) is 36.6 Å². The smallest absolute Gasteiger partial charge is 0.488 e. The van der Waals surface area contributed by atoms with Crippen molar-refractivity contribution in [1.82, 2.24) is 0 Å². The van der Waals surface area contributed by atoms with E-state index in [4.69, 9.17) is 0 Å². The third kappa shape index (κ3) is 2.85. The molecule has 6 nitrogen and oxygen atoms in total. The van der Waals surface area contributed by atoms with Gasteiger partial charge in [0.2, 0.25) is 5.39 Å². The van der Waals surface area contributed by atoms with Crippen molar-refractivity contribution in [2.75, 3.05) is 4.90 Å². The molecule has 2 aromatic rings. The van der Waals surface area contributed by atoms with Gasteiger partial charge in [0, 0.05) is 11.7 Å². The van der Waals surface area contributed by atoms with Crippen molar-refractivity contribution in [1.29, 1.82) is 5.39 Å². The summed E-state index contributed by atoms with van der Waals surface area (Å²) >= 11 is 0. The first-order chi connectivity index (χ1) is 12.0. The van der Waals surface area contributed by atoms with Crippen LogP contribution in [0.4, 0.5) is 5.69 Å². The summed E-state index contributed by atoms with van der Waals surface area (Å²) in [6, 6.07) is 15.0. The van der Waals surface area contributed by atoms with E-state index in [1.54, 1.807) is 18.2 Å². The number of diazo groups is 1. The zero-order valence-electron chi connectivity index (χ0n) is 13.7. The van der Waals surface area contributed by atoms with Crippen LogP contribution in [0.5, 0.6) is 0 Å². The summed E-state index contributed by atoms with van der Waals surface area (Å²) in [5.41, 5.74) is 1.73. The van der Waals surface area contributed by atoms with E-state index < -0.39 is 20.7 Å². The summed E-state index contributed by atoms with van der Waals surface area (Å²) in [6.45, 7) is 1.96. The SMILES string of the molecule is CCC1Cc2ccccc2N1/C(O)=C(\[N+]#N)S(=O)(=O)c1ccccc1. The number of benzene rings is 2. The van der Waals surface area contributed by atoms with Crippen LogP contribution in [0, 0.1) is 5.39 Å². The van der Waals surface area contributed by atoms with Gasteiger partial charge in [-0.2, -0.15) is 0 Å². The van der Waals surface area contributed by atoms with Crippen LogP contribution >= 0.6 is 0 Å². The summed E-state index contributed by atoms with van der Waals surface area (Å²) in [7, 11) is -4.15. The monoisotopic (exact) mass is 356 g/mol. The minimum Gasteiger partial charge on any atom is -0.488 e. The first kappa shape index (κ1) is 17.0. The molecule has 25 heavy (non-hydrogen) atoms. The molecule has 1 atom stereocenters. The number of aliphatic hydroxyl groups excluding tert-OH is 1. The van der Waals surface area contributed by atoms with Crippen LogP contribution in [0.1, 0.15) is 18.9 Å². The topological polar surface area (TPSA) is 85.8 Å². The maximum absolute atomic E-state index is 12.8. The number of nitrogens with zero attached hydrogens (tertiary/aromatic N) is 3. The molecule has 0 saturated carbocycles. The molecule has 1 N–H and O–H groups in total. The molecule has 3 rings (SSSR count). The Morgan fingerprint density at radius 1 is 1.20 bits per heavy atom. The lowest BCUT2D eigenvalue weighted by Crippen LogP contribution is -2.32. The summed E-state index contributed by atoms with van der Waals surface area (Å²) in [4.78, 5) is 4.41. The van der Waals surface area contributed by atoms with E-state index in [1.807, 2.05) is 31.2 Å². The largest absolute Gasteiger partial charge is 0.538 e. The Bertz CT molecular complexity index is 963. The van der Waals surface area contributed by atoms with Gasteiger partial charge in [0.15, 0.2) is 4.98 Å². The molecule has 1 aliphatic rings. The molecule has 0 bridgehead atoms. The van der Waals surface area contributed by atoms with E-state index in [2.05, 4.69) is 4.98 Å². The van der Waals surface area contributed by atoms with Gasteiger partial charge in [-0.15, -0.1) is 0 Å². The molecule has 0 fully saturated rings. The Labute approximate surface area is 146 Å². The average Bonchev–Trinajstić information content (AvgIpc) is 3.01. The van der Waals surface area contributed by atoms with Gasteiger partial charge in [0.1, 0.15) is 0 Å². The fraction of sp³-hybridized carbons (Fsp3) is 0.222. The molecule has 1 heterocycles. The zero-order valence-corrected chi connectivity index (χ0v) is 14.5. The standard InChI is InChI=1S/C18H17N3O3S/c1-2-14-12-13-8-6-7-11-16(13)21(14)18(22)17(20-19)25(23,24)15-9-4-3-5-10-15/h3-11,14H,2,12H2,1H3/p+1/b18-17-. The highest BCUT2D eigenvalue weighted by Crippen LogP contribution is 2.37. The van der Waals surface area contributed by atoms with Crippen molar-refractivity contribution in [3.63, 3.8) is 0 Å². The number of para-hydroxylation sites is 1. The first-order valence-electron chi connectivity index (χ1n) is 7.96. The van der Waals surface area contributed by atoms with Crippen LogP contribution in [0.25, 0.3) is 4.98 Å². The van der Waals surface area contributed by atoms with E-state index >= 15 is 0 Å². The van der Waals surface area contributed by atoms with Crippen LogP contribution < -0.4 is 4.90 Å². The van der Waals surface area contributed by atoms with Crippen LogP contribution in [0.2, 0.25) is 0 Å². The van der Waals surface area contributed by atoms with Gasteiger partial charge < -0.3 is 10.0 Å². The molecule has 0 spiro atoms. The Kier molecular flexibility index (Phi) is 4.47. The van der Waals surface area contributed by atoms with Gasteiger partial charge in [-0.1, -0.05) is 43.3 Å². The number of aliphatic hydroxyl groups is 1. The average molecular weight is 356 g/mol. The summed E-state index contributed by atoms with van der Waals surface area (Å²) in [5, 5.41) is 19.3. The summed E-state index contributed by atoms with van der Waals surface area (Å²) in [6.07, 6.45) is 1.38.